The maximum atomic E-state index is 12.4. The van der Waals surface area contributed by atoms with Crippen LogP contribution in [0.2, 0.25) is 0 Å². The van der Waals surface area contributed by atoms with Gasteiger partial charge in [-0.25, -0.2) is 0 Å². The van der Waals surface area contributed by atoms with Crippen LogP contribution in [-0.4, -0.2) is 19.8 Å². The van der Waals surface area contributed by atoms with Gasteiger partial charge in [0.05, 0.1) is 7.11 Å². The molecule has 1 unspecified atom stereocenters. The quantitative estimate of drug-likeness (QED) is 0.847. The lowest BCUT2D eigenvalue weighted by molar-refractivity contribution is -0.136. The van der Waals surface area contributed by atoms with E-state index in [0.29, 0.717) is 12.3 Å². The molecule has 0 amide bonds. The Morgan fingerprint density at radius 2 is 2.00 bits per heavy atom. The molecule has 1 N–H and O–H groups in total. The smallest absolute Gasteiger partial charge is 0.389 e. The maximum absolute atomic E-state index is 12.4. The van der Waals surface area contributed by atoms with E-state index in [2.05, 4.69) is 5.32 Å². The second kappa shape index (κ2) is 6.80. The molecule has 0 aliphatic rings. The number of ether oxygens (including phenoxy) is 1. The summed E-state index contributed by atoms with van der Waals surface area (Å²) in [5.41, 5.74) is 1.80. The highest BCUT2D eigenvalue weighted by Crippen LogP contribution is 2.32. The van der Waals surface area contributed by atoms with Gasteiger partial charge in [0.25, 0.3) is 0 Å². The maximum Gasteiger partial charge on any atom is 0.389 e. The number of rotatable bonds is 6. The zero-order chi connectivity index (χ0) is 14.5. The minimum atomic E-state index is -4.13. The summed E-state index contributed by atoms with van der Waals surface area (Å²) in [6, 6.07) is 5.21. The molecule has 108 valence electrons. The highest BCUT2D eigenvalue weighted by molar-refractivity contribution is 5.39. The Balaban J connectivity index is 2.91. The molecule has 5 heteroatoms. The summed E-state index contributed by atoms with van der Waals surface area (Å²) in [7, 11) is 1.53. The summed E-state index contributed by atoms with van der Waals surface area (Å²) >= 11 is 0. The van der Waals surface area contributed by atoms with Gasteiger partial charge in [0.2, 0.25) is 0 Å². The van der Waals surface area contributed by atoms with Crippen molar-refractivity contribution in [1.29, 1.82) is 0 Å². The fraction of sp³-hybridized carbons (Fsp3) is 0.571. The lowest BCUT2D eigenvalue weighted by Gasteiger charge is -2.21. The third-order valence-electron chi connectivity index (χ3n) is 2.93. The fourth-order valence-corrected chi connectivity index (χ4v) is 2.03. The molecule has 0 radical (unpaired) electrons. The summed E-state index contributed by atoms with van der Waals surface area (Å²) in [6.45, 7) is 4.41. The Labute approximate surface area is 112 Å². The largest absolute Gasteiger partial charge is 0.496 e. The van der Waals surface area contributed by atoms with Gasteiger partial charge < -0.3 is 10.1 Å². The van der Waals surface area contributed by atoms with Crippen LogP contribution in [0.25, 0.3) is 0 Å². The first kappa shape index (κ1) is 15.8. The number of hydrogen-bond acceptors (Lipinski definition) is 2. The molecule has 0 aliphatic heterocycles. The van der Waals surface area contributed by atoms with E-state index in [0.717, 1.165) is 11.1 Å². The summed E-state index contributed by atoms with van der Waals surface area (Å²) in [6.07, 6.45) is -4.93. The van der Waals surface area contributed by atoms with Crippen molar-refractivity contribution in [2.75, 3.05) is 13.7 Å². The minimum absolute atomic E-state index is 0.0107. The van der Waals surface area contributed by atoms with E-state index in [1.807, 2.05) is 32.0 Å². The van der Waals surface area contributed by atoms with Crippen molar-refractivity contribution < 1.29 is 17.9 Å². The second-order valence-corrected chi connectivity index (χ2v) is 4.51. The molecule has 1 aromatic rings. The Morgan fingerprint density at radius 1 is 1.32 bits per heavy atom. The van der Waals surface area contributed by atoms with Crippen molar-refractivity contribution in [3.63, 3.8) is 0 Å². The van der Waals surface area contributed by atoms with Crippen LogP contribution in [0.1, 0.15) is 36.9 Å². The van der Waals surface area contributed by atoms with Crippen LogP contribution >= 0.6 is 0 Å². The first-order valence-electron chi connectivity index (χ1n) is 6.32. The Morgan fingerprint density at radius 3 is 2.53 bits per heavy atom. The molecule has 1 atom stereocenters. The van der Waals surface area contributed by atoms with Gasteiger partial charge >= 0.3 is 6.18 Å². The van der Waals surface area contributed by atoms with Crippen LogP contribution in [0.15, 0.2) is 18.2 Å². The molecular formula is C14H20F3NO. The van der Waals surface area contributed by atoms with Gasteiger partial charge in [-0.3, -0.25) is 0 Å². The number of alkyl halides is 3. The normalized spacial score (nSPS) is 13.4. The number of halogens is 3. The van der Waals surface area contributed by atoms with E-state index in [-0.39, 0.29) is 12.5 Å². The molecule has 0 saturated heterocycles. The highest BCUT2D eigenvalue weighted by Gasteiger charge is 2.29. The average molecular weight is 275 g/mol. The van der Waals surface area contributed by atoms with Gasteiger partial charge in [-0.2, -0.15) is 13.2 Å². The van der Waals surface area contributed by atoms with Gasteiger partial charge in [-0.1, -0.05) is 19.1 Å². The molecule has 0 fully saturated rings. The van der Waals surface area contributed by atoms with Crippen LogP contribution in [0.3, 0.4) is 0 Å². The molecule has 0 bridgehead atoms. The fourth-order valence-electron chi connectivity index (χ4n) is 2.03. The van der Waals surface area contributed by atoms with E-state index in [1.54, 1.807) is 0 Å². The van der Waals surface area contributed by atoms with Crippen LogP contribution in [0.5, 0.6) is 5.75 Å². The van der Waals surface area contributed by atoms with Crippen molar-refractivity contribution in [2.24, 2.45) is 0 Å². The van der Waals surface area contributed by atoms with Crippen LogP contribution in [0.4, 0.5) is 13.2 Å². The average Bonchev–Trinajstić information content (AvgIpc) is 2.33. The molecule has 1 aromatic carbocycles. The lowest BCUT2D eigenvalue weighted by atomic mass is 9.99. The van der Waals surface area contributed by atoms with Crippen LogP contribution in [-0.2, 0) is 0 Å². The number of aryl methyl sites for hydroxylation is 1. The van der Waals surface area contributed by atoms with Gasteiger partial charge in [0.1, 0.15) is 5.75 Å². The Kier molecular flexibility index (Phi) is 5.66. The molecular weight excluding hydrogens is 255 g/mol. The van der Waals surface area contributed by atoms with Crippen molar-refractivity contribution in [3.05, 3.63) is 29.3 Å². The number of benzene rings is 1. The van der Waals surface area contributed by atoms with Crippen LogP contribution < -0.4 is 10.1 Å². The zero-order valence-corrected chi connectivity index (χ0v) is 11.5. The first-order chi connectivity index (χ1) is 8.87. The zero-order valence-electron chi connectivity index (χ0n) is 11.5. The number of methoxy groups -OCH3 is 1. The van der Waals surface area contributed by atoms with Crippen molar-refractivity contribution in [3.8, 4) is 5.75 Å². The second-order valence-electron chi connectivity index (χ2n) is 4.51. The molecule has 0 heterocycles. The van der Waals surface area contributed by atoms with Gasteiger partial charge in [0.15, 0.2) is 0 Å². The van der Waals surface area contributed by atoms with E-state index >= 15 is 0 Å². The van der Waals surface area contributed by atoms with Crippen LogP contribution in [0, 0.1) is 6.92 Å². The summed E-state index contributed by atoms with van der Waals surface area (Å²) in [4.78, 5) is 0. The predicted molar refractivity (Wildman–Crippen MR) is 69.4 cm³/mol. The van der Waals surface area contributed by atoms with Crippen molar-refractivity contribution >= 4 is 0 Å². The molecule has 0 saturated carbocycles. The first-order valence-corrected chi connectivity index (χ1v) is 6.32. The lowest BCUT2D eigenvalue weighted by Crippen LogP contribution is -2.23. The molecule has 0 spiro atoms. The van der Waals surface area contributed by atoms with Gasteiger partial charge in [0, 0.05) is 18.0 Å². The Bertz CT molecular complexity index is 404. The Hall–Kier alpha value is -1.23. The number of nitrogens with one attached hydrogen (secondary N) is 1. The van der Waals surface area contributed by atoms with Gasteiger partial charge in [-0.05, 0) is 31.5 Å². The SMILES string of the molecule is CCNC(CCC(F)(F)F)c1ccc(C)cc1OC. The summed E-state index contributed by atoms with van der Waals surface area (Å²) < 4.78 is 42.3. The van der Waals surface area contributed by atoms with E-state index in [4.69, 9.17) is 4.74 Å². The molecule has 19 heavy (non-hydrogen) atoms. The topological polar surface area (TPSA) is 21.3 Å². The third kappa shape index (κ3) is 5.11. The van der Waals surface area contributed by atoms with Crippen molar-refractivity contribution in [2.45, 2.75) is 38.9 Å². The minimum Gasteiger partial charge on any atom is -0.496 e. The molecule has 2 nitrogen and oxygen atoms in total. The third-order valence-corrected chi connectivity index (χ3v) is 2.93. The van der Waals surface area contributed by atoms with Gasteiger partial charge in [-0.15, -0.1) is 0 Å². The molecule has 1 rings (SSSR count). The number of hydrogen-bond donors (Lipinski definition) is 1. The standard InChI is InChI=1S/C14H20F3NO/c1-4-18-12(7-8-14(15,16)17)11-6-5-10(2)9-13(11)19-3/h5-6,9,12,18H,4,7-8H2,1-3H3. The monoisotopic (exact) mass is 275 g/mol. The van der Waals surface area contributed by atoms with Crippen molar-refractivity contribution in [1.82, 2.24) is 5.32 Å². The molecule has 0 aliphatic carbocycles. The summed E-state index contributed by atoms with van der Waals surface area (Å²) in [5.74, 6) is 0.633. The summed E-state index contributed by atoms with van der Waals surface area (Å²) in [5, 5.41) is 3.09. The molecule has 0 aromatic heterocycles. The van der Waals surface area contributed by atoms with E-state index in [9.17, 15) is 13.2 Å². The van der Waals surface area contributed by atoms with E-state index in [1.165, 1.54) is 7.11 Å². The highest BCUT2D eigenvalue weighted by atomic mass is 19.4. The predicted octanol–water partition coefficient (Wildman–Crippen LogP) is 4.00. The van der Waals surface area contributed by atoms with E-state index < -0.39 is 12.6 Å².